The summed E-state index contributed by atoms with van der Waals surface area (Å²) in [5.74, 6) is 1.19. The number of hydrogen-bond donors (Lipinski definition) is 2. The maximum absolute atomic E-state index is 11.3. The Labute approximate surface area is 95.8 Å². The lowest BCUT2D eigenvalue weighted by molar-refractivity contribution is 0.412. The summed E-state index contributed by atoms with van der Waals surface area (Å²) < 4.78 is 10.3. The molecule has 0 aliphatic heterocycles. The predicted octanol–water partition coefficient (Wildman–Crippen LogP) is 0.864. The van der Waals surface area contributed by atoms with Crippen LogP contribution in [0.3, 0.4) is 0 Å². The van der Waals surface area contributed by atoms with E-state index >= 15 is 0 Å². The van der Waals surface area contributed by atoms with E-state index in [0.29, 0.717) is 11.5 Å². The van der Waals surface area contributed by atoms with Gasteiger partial charge < -0.3 is 14.5 Å². The maximum atomic E-state index is 11.3. The monoisotopic (exact) mass is 234 g/mol. The van der Waals surface area contributed by atoms with Gasteiger partial charge in [-0.05, 0) is 24.3 Å². The van der Waals surface area contributed by atoms with Crippen molar-refractivity contribution in [3.63, 3.8) is 0 Å². The Hall–Kier alpha value is -2.50. The fourth-order valence-electron chi connectivity index (χ4n) is 1.24. The summed E-state index contributed by atoms with van der Waals surface area (Å²) in [6.07, 6.45) is 1.21. The van der Waals surface area contributed by atoms with E-state index in [1.807, 2.05) is 0 Å². The van der Waals surface area contributed by atoms with E-state index in [9.17, 15) is 9.59 Å². The Morgan fingerprint density at radius 1 is 1.06 bits per heavy atom. The molecule has 2 aromatic rings. The van der Waals surface area contributed by atoms with Crippen LogP contribution in [0.1, 0.15) is 0 Å². The summed E-state index contributed by atoms with van der Waals surface area (Å²) in [6.45, 7) is 0. The number of hydrogen-bond acceptors (Lipinski definition) is 4. The van der Waals surface area contributed by atoms with Crippen molar-refractivity contribution in [2.24, 2.45) is 0 Å². The molecular formula is C11H10N2O4. The third-order valence-electron chi connectivity index (χ3n) is 2.07. The number of rotatable bonds is 3. The first-order valence-electron chi connectivity index (χ1n) is 4.83. The molecule has 0 saturated carbocycles. The SMILES string of the molecule is COc1ccc(Oc2c[nH]c(=O)[nH]c2=O)cc1. The van der Waals surface area contributed by atoms with Crippen LogP contribution in [0.25, 0.3) is 0 Å². The molecule has 88 valence electrons. The first-order chi connectivity index (χ1) is 8.19. The highest BCUT2D eigenvalue weighted by atomic mass is 16.5. The van der Waals surface area contributed by atoms with Gasteiger partial charge in [0.2, 0.25) is 5.75 Å². The number of methoxy groups -OCH3 is 1. The molecule has 6 nitrogen and oxygen atoms in total. The van der Waals surface area contributed by atoms with Crippen LogP contribution in [-0.4, -0.2) is 17.1 Å². The quantitative estimate of drug-likeness (QED) is 0.825. The second-order valence-corrected chi connectivity index (χ2v) is 3.21. The van der Waals surface area contributed by atoms with Crippen LogP contribution in [0.15, 0.2) is 40.1 Å². The fraction of sp³-hybridized carbons (Fsp3) is 0.0909. The van der Waals surface area contributed by atoms with E-state index in [0.717, 1.165) is 0 Å². The molecule has 0 radical (unpaired) electrons. The molecule has 0 bridgehead atoms. The number of aromatic nitrogens is 2. The van der Waals surface area contributed by atoms with Crippen molar-refractivity contribution in [2.75, 3.05) is 7.11 Å². The smallest absolute Gasteiger partial charge is 0.325 e. The van der Waals surface area contributed by atoms with Crippen molar-refractivity contribution in [1.29, 1.82) is 0 Å². The number of aromatic amines is 2. The first kappa shape index (κ1) is 11.0. The summed E-state index contributed by atoms with van der Waals surface area (Å²) in [5.41, 5.74) is -1.15. The largest absolute Gasteiger partial charge is 0.497 e. The third kappa shape index (κ3) is 2.54. The molecule has 2 rings (SSSR count). The Morgan fingerprint density at radius 2 is 1.71 bits per heavy atom. The Bertz CT molecular complexity index is 612. The number of H-pyrrole nitrogens is 2. The summed E-state index contributed by atoms with van der Waals surface area (Å²) in [6, 6.07) is 6.72. The average molecular weight is 234 g/mol. The Kier molecular flexibility index (Phi) is 2.95. The number of ether oxygens (including phenoxy) is 2. The van der Waals surface area contributed by atoms with Gasteiger partial charge >= 0.3 is 5.69 Å². The van der Waals surface area contributed by atoms with Crippen molar-refractivity contribution in [3.05, 3.63) is 51.3 Å². The molecule has 17 heavy (non-hydrogen) atoms. The van der Waals surface area contributed by atoms with Gasteiger partial charge in [0.25, 0.3) is 5.56 Å². The van der Waals surface area contributed by atoms with Gasteiger partial charge in [-0.25, -0.2) is 4.79 Å². The first-order valence-corrected chi connectivity index (χ1v) is 4.83. The van der Waals surface area contributed by atoms with Crippen molar-refractivity contribution in [3.8, 4) is 17.2 Å². The molecule has 0 unspecified atom stereocenters. The standard InChI is InChI=1S/C11H10N2O4/c1-16-7-2-4-8(5-3-7)17-9-6-12-11(15)13-10(9)14/h2-6H,1H3,(H2,12,13,14,15). The predicted molar refractivity (Wildman–Crippen MR) is 60.8 cm³/mol. The Balaban J connectivity index is 2.25. The molecule has 6 heteroatoms. The summed E-state index contributed by atoms with van der Waals surface area (Å²) >= 11 is 0. The van der Waals surface area contributed by atoms with E-state index in [-0.39, 0.29) is 5.75 Å². The van der Waals surface area contributed by atoms with E-state index in [1.54, 1.807) is 31.4 Å². The van der Waals surface area contributed by atoms with Gasteiger partial charge in [-0.3, -0.25) is 9.78 Å². The van der Waals surface area contributed by atoms with Gasteiger partial charge in [0.15, 0.2) is 0 Å². The molecule has 1 heterocycles. The molecular weight excluding hydrogens is 224 g/mol. The van der Waals surface area contributed by atoms with Crippen molar-refractivity contribution >= 4 is 0 Å². The number of benzene rings is 1. The van der Waals surface area contributed by atoms with Gasteiger partial charge in [0.1, 0.15) is 11.5 Å². The van der Waals surface area contributed by atoms with Crippen molar-refractivity contribution < 1.29 is 9.47 Å². The Morgan fingerprint density at radius 3 is 2.29 bits per heavy atom. The van der Waals surface area contributed by atoms with Crippen molar-refractivity contribution in [1.82, 2.24) is 9.97 Å². The molecule has 0 aliphatic rings. The minimum absolute atomic E-state index is 0.0229. The van der Waals surface area contributed by atoms with Crippen LogP contribution in [0.4, 0.5) is 0 Å². The molecule has 2 N–H and O–H groups in total. The fourth-order valence-corrected chi connectivity index (χ4v) is 1.24. The molecule has 1 aromatic heterocycles. The number of nitrogens with one attached hydrogen (secondary N) is 2. The van der Waals surface area contributed by atoms with Gasteiger partial charge in [-0.1, -0.05) is 0 Å². The van der Waals surface area contributed by atoms with Crippen LogP contribution in [-0.2, 0) is 0 Å². The zero-order valence-corrected chi connectivity index (χ0v) is 9.02. The van der Waals surface area contributed by atoms with E-state index < -0.39 is 11.2 Å². The van der Waals surface area contributed by atoms with E-state index in [4.69, 9.17) is 9.47 Å². The summed E-state index contributed by atoms with van der Waals surface area (Å²) in [4.78, 5) is 26.5. The van der Waals surface area contributed by atoms with Gasteiger partial charge in [0, 0.05) is 0 Å². The van der Waals surface area contributed by atoms with Crippen LogP contribution < -0.4 is 20.7 Å². The lowest BCUT2D eigenvalue weighted by atomic mass is 10.3. The molecule has 0 saturated heterocycles. The zero-order valence-electron chi connectivity index (χ0n) is 9.02. The molecule has 0 spiro atoms. The van der Waals surface area contributed by atoms with Crippen LogP contribution in [0.5, 0.6) is 17.2 Å². The minimum atomic E-state index is -0.579. The van der Waals surface area contributed by atoms with Gasteiger partial charge in [0.05, 0.1) is 13.3 Å². The lowest BCUT2D eigenvalue weighted by Crippen LogP contribution is -2.21. The van der Waals surface area contributed by atoms with Gasteiger partial charge in [-0.15, -0.1) is 0 Å². The average Bonchev–Trinajstić information content (AvgIpc) is 2.34. The normalized spacial score (nSPS) is 9.94. The second kappa shape index (κ2) is 4.56. The molecule has 0 aliphatic carbocycles. The highest BCUT2D eigenvalue weighted by Crippen LogP contribution is 2.20. The van der Waals surface area contributed by atoms with Crippen LogP contribution in [0.2, 0.25) is 0 Å². The second-order valence-electron chi connectivity index (χ2n) is 3.21. The van der Waals surface area contributed by atoms with Gasteiger partial charge in [-0.2, -0.15) is 0 Å². The summed E-state index contributed by atoms with van der Waals surface area (Å²) in [5, 5.41) is 0. The summed E-state index contributed by atoms with van der Waals surface area (Å²) in [7, 11) is 1.56. The van der Waals surface area contributed by atoms with E-state index in [1.165, 1.54) is 6.20 Å². The van der Waals surface area contributed by atoms with Crippen molar-refractivity contribution in [2.45, 2.75) is 0 Å². The highest BCUT2D eigenvalue weighted by Gasteiger charge is 2.03. The molecule has 0 fully saturated rings. The van der Waals surface area contributed by atoms with E-state index in [2.05, 4.69) is 9.97 Å². The zero-order chi connectivity index (χ0) is 12.3. The molecule has 1 aromatic carbocycles. The van der Waals surface area contributed by atoms with Crippen LogP contribution in [0, 0.1) is 0 Å². The highest BCUT2D eigenvalue weighted by molar-refractivity contribution is 5.33. The van der Waals surface area contributed by atoms with Crippen LogP contribution >= 0.6 is 0 Å². The maximum Gasteiger partial charge on any atom is 0.325 e. The third-order valence-corrected chi connectivity index (χ3v) is 2.07. The molecule has 0 amide bonds. The topological polar surface area (TPSA) is 84.2 Å². The molecule has 0 atom stereocenters. The minimum Gasteiger partial charge on any atom is -0.497 e. The lowest BCUT2D eigenvalue weighted by Gasteiger charge is -2.04.